The quantitative estimate of drug-likeness (QED) is 0.702. The Balaban J connectivity index is 1.96. The first-order valence-electron chi connectivity index (χ1n) is 7.03. The topological polar surface area (TPSA) is 37.3 Å². The highest BCUT2D eigenvalue weighted by molar-refractivity contribution is 5.85. The highest BCUT2D eigenvalue weighted by atomic mass is 16.3. The van der Waals surface area contributed by atoms with Crippen LogP contribution in [0.2, 0.25) is 0 Å². The Morgan fingerprint density at radius 2 is 1.88 bits per heavy atom. The van der Waals surface area contributed by atoms with Gasteiger partial charge in [0, 0.05) is 11.8 Å². The fraction of sp³-hybridized carbons (Fsp3) is 0.933. The predicted molar refractivity (Wildman–Crippen MR) is 66.5 cm³/mol. The van der Waals surface area contributed by atoms with Crippen LogP contribution in [0.4, 0.5) is 0 Å². The Bertz CT molecular complexity index is 373. The van der Waals surface area contributed by atoms with Gasteiger partial charge in [0.2, 0.25) is 0 Å². The van der Waals surface area contributed by atoms with Crippen molar-refractivity contribution in [1.82, 2.24) is 0 Å². The van der Waals surface area contributed by atoms with Gasteiger partial charge in [0.25, 0.3) is 0 Å². The molecule has 3 fully saturated rings. The van der Waals surface area contributed by atoms with Gasteiger partial charge in [-0.15, -0.1) is 0 Å². The first kappa shape index (κ1) is 11.7. The van der Waals surface area contributed by atoms with Crippen LogP contribution in [0.1, 0.15) is 59.3 Å². The normalized spacial score (nSPS) is 52.4. The Labute approximate surface area is 104 Å². The third kappa shape index (κ3) is 1.46. The molecule has 2 nitrogen and oxygen atoms in total. The second-order valence-corrected chi connectivity index (χ2v) is 7.71. The summed E-state index contributed by atoms with van der Waals surface area (Å²) in [5.74, 6) is 1.47. The molecule has 4 atom stereocenters. The molecular formula is C15H24O2. The van der Waals surface area contributed by atoms with Crippen LogP contribution in [-0.2, 0) is 4.79 Å². The molecule has 3 saturated carbocycles. The molecule has 0 spiro atoms. The molecule has 0 aromatic carbocycles. The van der Waals surface area contributed by atoms with Crippen molar-refractivity contribution >= 4 is 5.78 Å². The number of Topliss-reactive ketones (excluding diaryl/α,β-unsaturated/α-hetero) is 1. The molecule has 0 heterocycles. The number of hydrogen-bond donors (Lipinski definition) is 1. The molecule has 2 bridgehead atoms. The summed E-state index contributed by atoms with van der Waals surface area (Å²) >= 11 is 0. The summed E-state index contributed by atoms with van der Waals surface area (Å²) in [5.41, 5.74) is -0.406. The van der Waals surface area contributed by atoms with E-state index in [1.807, 2.05) is 0 Å². The predicted octanol–water partition coefficient (Wildman–Crippen LogP) is 2.93. The molecule has 0 saturated heterocycles. The van der Waals surface area contributed by atoms with E-state index < -0.39 is 5.60 Å². The molecule has 4 unspecified atom stereocenters. The van der Waals surface area contributed by atoms with Gasteiger partial charge >= 0.3 is 0 Å². The minimum atomic E-state index is -0.542. The molecule has 0 amide bonds. The maximum absolute atomic E-state index is 12.1. The van der Waals surface area contributed by atoms with Crippen molar-refractivity contribution in [3.8, 4) is 0 Å². The molecule has 3 aliphatic carbocycles. The van der Waals surface area contributed by atoms with Crippen molar-refractivity contribution in [2.24, 2.45) is 22.7 Å². The lowest BCUT2D eigenvalue weighted by Crippen LogP contribution is -2.57. The Morgan fingerprint density at radius 3 is 2.53 bits per heavy atom. The number of aliphatic hydroxyl groups is 1. The van der Waals surface area contributed by atoms with Crippen molar-refractivity contribution in [1.29, 1.82) is 0 Å². The zero-order valence-electron chi connectivity index (χ0n) is 11.3. The smallest absolute Gasteiger partial charge is 0.138 e. The van der Waals surface area contributed by atoms with Gasteiger partial charge < -0.3 is 5.11 Å². The van der Waals surface area contributed by atoms with Crippen LogP contribution in [0.5, 0.6) is 0 Å². The second kappa shape index (κ2) is 3.14. The van der Waals surface area contributed by atoms with Gasteiger partial charge in [0.1, 0.15) is 5.78 Å². The van der Waals surface area contributed by atoms with E-state index in [1.165, 1.54) is 0 Å². The van der Waals surface area contributed by atoms with Crippen LogP contribution in [0, 0.1) is 22.7 Å². The minimum absolute atomic E-state index is 0.236. The van der Waals surface area contributed by atoms with Crippen LogP contribution in [-0.4, -0.2) is 16.5 Å². The monoisotopic (exact) mass is 236 g/mol. The van der Waals surface area contributed by atoms with Gasteiger partial charge in [0.05, 0.1) is 5.60 Å². The van der Waals surface area contributed by atoms with E-state index in [1.54, 1.807) is 0 Å². The molecule has 0 aliphatic heterocycles. The summed E-state index contributed by atoms with van der Waals surface area (Å²) < 4.78 is 0. The van der Waals surface area contributed by atoms with Crippen molar-refractivity contribution in [2.45, 2.75) is 64.9 Å². The summed E-state index contributed by atoms with van der Waals surface area (Å²) in [4.78, 5) is 12.1. The maximum Gasteiger partial charge on any atom is 0.138 e. The van der Waals surface area contributed by atoms with Crippen LogP contribution in [0.15, 0.2) is 0 Å². The van der Waals surface area contributed by atoms with E-state index in [9.17, 15) is 9.90 Å². The van der Waals surface area contributed by atoms with Crippen LogP contribution in [0.3, 0.4) is 0 Å². The van der Waals surface area contributed by atoms with Gasteiger partial charge in [-0.1, -0.05) is 20.8 Å². The van der Waals surface area contributed by atoms with Crippen molar-refractivity contribution < 1.29 is 9.90 Å². The fourth-order valence-electron chi connectivity index (χ4n) is 4.91. The Hall–Kier alpha value is -0.370. The van der Waals surface area contributed by atoms with Crippen LogP contribution in [0.25, 0.3) is 0 Å². The third-order valence-electron chi connectivity index (χ3n) is 6.09. The van der Waals surface area contributed by atoms with E-state index in [0.29, 0.717) is 35.9 Å². The average molecular weight is 236 g/mol. The number of carbonyl (C=O) groups is 1. The van der Waals surface area contributed by atoms with Crippen molar-refractivity contribution in [2.75, 3.05) is 0 Å². The molecule has 0 aromatic rings. The molecule has 3 rings (SSSR count). The Morgan fingerprint density at radius 1 is 1.18 bits per heavy atom. The summed E-state index contributed by atoms with van der Waals surface area (Å²) in [5, 5.41) is 10.9. The number of fused-ring (bicyclic) bond motifs is 4. The van der Waals surface area contributed by atoms with Crippen LogP contribution < -0.4 is 0 Å². The standard InChI is InChI=1S/C15H24O2/c1-13(2)8-11-10(13)4-6-14(3)9-15(11,17)7-5-12(14)16/h10-11,17H,4-9H2,1-3H3. The zero-order valence-corrected chi connectivity index (χ0v) is 11.3. The highest BCUT2D eigenvalue weighted by Gasteiger charge is 2.61. The number of hydrogen-bond acceptors (Lipinski definition) is 2. The second-order valence-electron chi connectivity index (χ2n) is 7.71. The summed E-state index contributed by atoms with van der Waals surface area (Å²) in [6.45, 7) is 6.71. The summed E-state index contributed by atoms with van der Waals surface area (Å²) in [7, 11) is 0. The fourth-order valence-corrected chi connectivity index (χ4v) is 4.91. The van der Waals surface area contributed by atoms with Crippen LogP contribution >= 0.6 is 0 Å². The molecule has 1 N–H and O–H groups in total. The molecule has 0 radical (unpaired) electrons. The zero-order chi connectivity index (χ0) is 12.5. The first-order chi connectivity index (χ1) is 7.77. The number of rotatable bonds is 0. The molecule has 96 valence electrons. The van der Waals surface area contributed by atoms with E-state index >= 15 is 0 Å². The number of carbonyl (C=O) groups excluding carboxylic acids is 1. The molecule has 2 heteroatoms. The van der Waals surface area contributed by atoms with E-state index in [-0.39, 0.29) is 5.41 Å². The summed E-state index contributed by atoms with van der Waals surface area (Å²) in [6, 6.07) is 0. The molecule has 17 heavy (non-hydrogen) atoms. The van der Waals surface area contributed by atoms with E-state index in [2.05, 4.69) is 20.8 Å². The lowest BCUT2D eigenvalue weighted by molar-refractivity contribution is -0.168. The van der Waals surface area contributed by atoms with E-state index in [4.69, 9.17) is 0 Å². The molecule has 0 aromatic heterocycles. The third-order valence-corrected chi connectivity index (χ3v) is 6.09. The van der Waals surface area contributed by atoms with Crippen molar-refractivity contribution in [3.63, 3.8) is 0 Å². The molecular weight excluding hydrogens is 212 g/mol. The molecule has 3 aliphatic rings. The SMILES string of the molecule is CC12CCC3C(CC3(C)C)C(O)(CCC1=O)C2. The van der Waals surface area contributed by atoms with Gasteiger partial charge in [-0.3, -0.25) is 4.79 Å². The number of ketones is 1. The van der Waals surface area contributed by atoms with Crippen molar-refractivity contribution in [3.05, 3.63) is 0 Å². The Kier molecular flexibility index (Phi) is 2.16. The first-order valence-corrected chi connectivity index (χ1v) is 7.03. The minimum Gasteiger partial charge on any atom is -0.390 e. The average Bonchev–Trinajstić information content (AvgIpc) is 2.28. The van der Waals surface area contributed by atoms with Gasteiger partial charge in [0.15, 0.2) is 0 Å². The van der Waals surface area contributed by atoms with Gasteiger partial charge in [-0.2, -0.15) is 0 Å². The maximum atomic E-state index is 12.1. The van der Waals surface area contributed by atoms with Gasteiger partial charge in [-0.25, -0.2) is 0 Å². The summed E-state index contributed by atoms with van der Waals surface area (Å²) in [6.07, 6.45) is 5.27. The highest BCUT2D eigenvalue weighted by Crippen LogP contribution is 2.63. The lowest BCUT2D eigenvalue weighted by atomic mass is 9.49. The van der Waals surface area contributed by atoms with E-state index in [0.717, 1.165) is 25.7 Å². The lowest BCUT2D eigenvalue weighted by Gasteiger charge is -2.57. The largest absolute Gasteiger partial charge is 0.390 e. The van der Waals surface area contributed by atoms with Gasteiger partial charge in [-0.05, 0) is 49.4 Å².